The van der Waals surface area contributed by atoms with E-state index in [0.29, 0.717) is 5.69 Å². The van der Waals surface area contributed by atoms with Gasteiger partial charge in [-0.05, 0) is 12.1 Å². The summed E-state index contributed by atoms with van der Waals surface area (Å²) >= 11 is 0. The lowest BCUT2D eigenvalue weighted by atomic mass is 10.4. The van der Waals surface area contributed by atoms with E-state index in [0.717, 1.165) is 6.07 Å². The quantitative estimate of drug-likeness (QED) is 0.595. The minimum atomic E-state index is -3.77. The van der Waals surface area contributed by atoms with Crippen LogP contribution in [0.4, 0.5) is 10.1 Å². The van der Waals surface area contributed by atoms with Crippen LogP contribution in [0.5, 0.6) is 0 Å². The summed E-state index contributed by atoms with van der Waals surface area (Å²) in [5, 5.41) is -0.929. The second kappa shape index (κ2) is 4.23. The van der Waals surface area contributed by atoms with Gasteiger partial charge in [-0.2, -0.15) is 4.39 Å². The number of anilines is 1. The van der Waals surface area contributed by atoms with E-state index >= 15 is 0 Å². The SMILES string of the molecule is O=C1CC(S(=O)(=O)Cl)CN1c1ccc(F)nc1. The Morgan fingerprint density at radius 2 is 2.18 bits per heavy atom. The van der Waals surface area contributed by atoms with Crippen molar-refractivity contribution in [1.82, 2.24) is 4.98 Å². The largest absolute Gasteiger partial charge is 0.309 e. The molecule has 0 radical (unpaired) electrons. The van der Waals surface area contributed by atoms with Gasteiger partial charge in [-0.15, -0.1) is 0 Å². The van der Waals surface area contributed by atoms with E-state index in [2.05, 4.69) is 4.98 Å². The molecule has 2 heterocycles. The summed E-state index contributed by atoms with van der Waals surface area (Å²) in [5.41, 5.74) is 0.360. The highest BCUT2D eigenvalue weighted by Crippen LogP contribution is 2.26. The molecular weight excluding hydrogens is 271 g/mol. The highest BCUT2D eigenvalue weighted by Gasteiger charge is 2.38. The van der Waals surface area contributed by atoms with Gasteiger partial charge in [0.25, 0.3) is 0 Å². The Labute approximate surface area is 102 Å². The third-order valence-electron chi connectivity index (χ3n) is 2.51. The predicted molar refractivity (Wildman–Crippen MR) is 59.7 cm³/mol. The number of hydrogen-bond acceptors (Lipinski definition) is 4. The molecule has 1 fully saturated rings. The second-order valence-corrected chi connectivity index (χ2v) is 6.55. The molecule has 1 aliphatic heterocycles. The lowest BCUT2D eigenvalue weighted by Gasteiger charge is -2.15. The van der Waals surface area contributed by atoms with Crippen molar-refractivity contribution < 1.29 is 17.6 Å². The number of carbonyl (C=O) groups is 1. The van der Waals surface area contributed by atoms with Crippen molar-refractivity contribution >= 4 is 31.3 Å². The van der Waals surface area contributed by atoms with Crippen molar-refractivity contribution in [2.24, 2.45) is 0 Å². The topological polar surface area (TPSA) is 67.3 Å². The van der Waals surface area contributed by atoms with E-state index in [4.69, 9.17) is 10.7 Å². The van der Waals surface area contributed by atoms with Crippen LogP contribution in [0, 0.1) is 5.95 Å². The van der Waals surface area contributed by atoms with Gasteiger partial charge in [-0.3, -0.25) is 4.79 Å². The van der Waals surface area contributed by atoms with Crippen molar-refractivity contribution in [3.05, 3.63) is 24.3 Å². The van der Waals surface area contributed by atoms with Crippen LogP contribution in [0.25, 0.3) is 0 Å². The Balaban J connectivity index is 2.24. The number of amides is 1. The number of halogens is 2. The first-order valence-corrected chi connectivity index (χ1v) is 7.10. The van der Waals surface area contributed by atoms with Crippen LogP contribution in [-0.4, -0.2) is 31.1 Å². The molecular formula is C9H8ClFN2O3S. The Morgan fingerprint density at radius 3 is 2.65 bits per heavy atom. The Kier molecular flexibility index (Phi) is 3.05. The molecule has 1 saturated heterocycles. The number of aromatic nitrogens is 1. The summed E-state index contributed by atoms with van der Waals surface area (Å²) < 4.78 is 34.8. The first-order valence-electron chi connectivity index (χ1n) is 4.73. The van der Waals surface area contributed by atoms with Gasteiger partial charge in [-0.25, -0.2) is 13.4 Å². The molecule has 17 heavy (non-hydrogen) atoms. The van der Waals surface area contributed by atoms with Crippen LogP contribution in [0.1, 0.15) is 6.42 Å². The molecule has 0 aliphatic carbocycles. The summed E-state index contributed by atoms with van der Waals surface area (Å²) in [6.07, 6.45) is 1.01. The van der Waals surface area contributed by atoms with E-state index in [1.807, 2.05) is 0 Å². The smallest absolute Gasteiger partial charge is 0.237 e. The van der Waals surface area contributed by atoms with Crippen LogP contribution in [0.3, 0.4) is 0 Å². The molecule has 1 aromatic rings. The monoisotopic (exact) mass is 278 g/mol. The predicted octanol–water partition coefficient (Wildman–Crippen LogP) is 0.895. The molecule has 0 N–H and O–H groups in total. The lowest BCUT2D eigenvalue weighted by Crippen LogP contribution is -2.26. The number of nitrogens with zero attached hydrogens (tertiary/aromatic N) is 2. The van der Waals surface area contributed by atoms with Crippen molar-refractivity contribution in [3.8, 4) is 0 Å². The summed E-state index contributed by atoms with van der Waals surface area (Å²) in [6, 6.07) is 2.47. The number of rotatable bonds is 2. The first kappa shape index (κ1) is 12.3. The van der Waals surface area contributed by atoms with Gasteiger partial charge in [0.05, 0.1) is 11.9 Å². The fraction of sp³-hybridized carbons (Fsp3) is 0.333. The molecule has 1 amide bonds. The normalized spacial score (nSPS) is 20.9. The Morgan fingerprint density at radius 1 is 1.47 bits per heavy atom. The van der Waals surface area contributed by atoms with E-state index < -0.39 is 20.2 Å². The van der Waals surface area contributed by atoms with Gasteiger partial charge in [0.2, 0.25) is 20.9 Å². The molecule has 5 nitrogen and oxygen atoms in total. The van der Waals surface area contributed by atoms with Gasteiger partial charge in [-0.1, -0.05) is 0 Å². The van der Waals surface area contributed by atoms with Crippen molar-refractivity contribution in [3.63, 3.8) is 0 Å². The maximum atomic E-state index is 12.6. The maximum absolute atomic E-state index is 12.6. The molecule has 92 valence electrons. The standard InChI is InChI=1S/C9H8ClFN2O3S/c10-17(15,16)7-3-9(14)13(5-7)6-1-2-8(11)12-4-6/h1-2,4,7H,3,5H2. The highest BCUT2D eigenvalue weighted by molar-refractivity contribution is 8.14. The highest BCUT2D eigenvalue weighted by atomic mass is 35.7. The molecule has 0 bridgehead atoms. The molecule has 1 aromatic heterocycles. The summed E-state index contributed by atoms with van der Waals surface area (Å²) in [7, 11) is 1.43. The zero-order valence-electron chi connectivity index (χ0n) is 8.51. The average Bonchev–Trinajstić information content (AvgIpc) is 2.61. The third-order valence-corrected chi connectivity index (χ3v) is 4.38. The summed E-state index contributed by atoms with van der Waals surface area (Å²) in [5.74, 6) is -1.03. The lowest BCUT2D eigenvalue weighted by molar-refractivity contribution is -0.117. The van der Waals surface area contributed by atoms with E-state index in [9.17, 15) is 17.6 Å². The number of hydrogen-bond donors (Lipinski definition) is 0. The Hall–Kier alpha value is -1.21. The fourth-order valence-electron chi connectivity index (χ4n) is 1.64. The number of pyridine rings is 1. The molecule has 1 atom stereocenters. The van der Waals surface area contributed by atoms with Crippen molar-refractivity contribution in [2.45, 2.75) is 11.7 Å². The van der Waals surface area contributed by atoms with Crippen molar-refractivity contribution in [1.29, 1.82) is 0 Å². The van der Waals surface area contributed by atoms with Crippen molar-refractivity contribution in [2.75, 3.05) is 11.4 Å². The van der Waals surface area contributed by atoms with Crippen LogP contribution in [0.15, 0.2) is 18.3 Å². The van der Waals surface area contributed by atoms with Crippen LogP contribution >= 0.6 is 10.7 Å². The number of carbonyl (C=O) groups excluding carboxylic acids is 1. The summed E-state index contributed by atoms with van der Waals surface area (Å²) in [6.45, 7) is -0.0298. The van der Waals surface area contributed by atoms with Crippen LogP contribution in [-0.2, 0) is 13.8 Å². The Bertz CT molecular complexity index is 546. The molecule has 2 rings (SSSR count). The third kappa shape index (κ3) is 2.55. The molecule has 8 heteroatoms. The fourth-order valence-corrected chi connectivity index (χ4v) is 2.67. The zero-order valence-corrected chi connectivity index (χ0v) is 10.1. The maximum Gasteiger partial charge on any atom is 0.237 e. The van der Waals surface area contributed by atoms with Gasteiger partial charge in [0.15, 0.2) is 0 Å². The first-order chi connectivity index (χ1) is 7.88. The van der Waals surface area contributed by atoms with Crippen LogP contribution in [0.2, 0.25) is 0 Å². The molecule has 1 unspecified atom stereocenters. The van der Waals surface area contributed by atoms with Crippen LogP contribution < -0.4 is 4.90 Å². The van der Waals surface area contributed by atoms with E-state index in [1.54, 1.807) is 0 Å². The zero-order chi connectivity index (χ0) is 12.6. The van der Waals surface area contributed by atoms with E-state index in [1.165, 1.54) is 17.2 Å². The summed E-state index contributed by atoms with van der Waals surface area (Å²) in [4.78, 5) is 16.2. The van der Waals surface area contributed by atoms with Gasteiger partial charge < -0.3 is 4.90 Å². The van der Waals surface area contributed by atoms with Gasteiger partial charge in [0, 0.05) is 23.6 Å². The average molecular weight is 279 g/mol. The molecule has 0 spiro atoms. The van der Waals surface area contributed by atoms with Gasteiger partial charge >= 0.3 is 0 Å². The second-order valence-electron chi connectivity index (χ2n) is 3.65. The van der Waals surface area contributed by atoms with Gasteiger partial charge in [0.1, 0.15) is 5.25 Å². The van der Waals surface area contributed by atoms with E-state index in [-0.39, 0.29) is 18.9 Å². The minimum absolute atomic E-state index is 0.0298. The molecule has 0 saturated carbocycles. The molecule has 0 aromatic carbocycles. The molecule has 1 aliphatic rings. The minimum Gasteiger partial charge on any atom is -0.309 e.